The Balaban J connectivity index is 0.000000490. The van der Waals surface area contributed by atoms with Crippen molar-refractivity contribution in [3.8, 4) is 0 Å². The zero-order valence-electron chi connectivity index (χ0n) is 3.89. The van der Waals surface area contributed by atoms with Crippen LogP contribution in [-0.4, -0.2) is 29.6 Å². The molecule has 2 heteroatoms. The van der Waals surface area contributed by atoms with Crippen LogP contribution in [0.4, 0.5) is 5.69 Å². The average molecular weight is 116 g/mol. The van der Waals surface area contributed by atoms with Gasteiger partial charge >= 0.3 is 29.6 Å². The van der Waals surface area contributed by atoms with Gasteiger partial charge in [0.25, 0.3) is 0 Å². The summed E-state index contributed by atoms with van der Waals surface area (Å²) in [6.45, 7) is 0. The van der Waals surface area contributed by atoms with Crippen LogP contribution in [0, 0.1) is 6.07 Å². The monoisotopic (exact) mass is 116 g/mol. The Kier molecular flexibility index (Phi) is 3.97. The Morgan fingerprint density at radius 3 is 2.50 bits per heavy atom. The number of benzene rings is 1. The van der Waals surface area contributed by atoms with Gasteiger partial charge in [0.05, 0.1) is 0 Å². The van der Waals surface area contributed by atoms with E-state index in [0.29, 0.717) is 0 Å². The molecule has 0 aliphatic carbocycles. The second-order valence-electron chi connectivity index (χ2n) is 1.34. The first-order valence-corrected chi connectivity index (χ1v) is 2.11. The number of rotatable bonds is 0. The van der Waals surface area contributed by atoms with Crippen molar-refractivity contribution in [2.24, 2.45) is 0 Å². The van der Waals surface area contributed by atoms with Crippen LogP contribution in [-0.2, 0) is 0 Å². The molecule has 0 aliphatic heterocycles. The zero-order chi connectivity index (χ0) is 5.11. The molecule has 1 aromatic carbocycles. The van der Waals surface area contributed by atoms with E-state index in [1.165, 1.54) is 0 Å². The molecule has 0 saturated carbocycles. The van der Waals surface area contributed by atoms with Crippen LogP contribution in [0.1, 0.15) is 0 Å². The number of anilines is 1. The summed E-state index contributed by atoms with van der Waals surface area (Å²) in [5.74, 6) is 0. The van der Waals surface area contributed by atoms with Crippen LogP contribution >= 0.6 is 0 Å². The maximum absolute atomic E-state index is 5.33. The molecule has 0 atom stereocenters. The molecule has 0 unspecified atom stereocenters. The summed E-state index contributed by atoms with van der Waals surface area (Å²) in [6.07, 6.45) is 0. The first-order valence-electron chi connectivity index (χ1n) is 2.11. The van der Waals surface area contributed by atoms with Gasteiger partial charge < -0.3 is 5.73 Å². The van der Waals surface area contributed by atoms with Crippen molar-refractivity contribution in [2.45, 2.75) is 0 Å². The molecule has 37 valence electrons. The Morgan fingerprint density at radius 2 is 2.25 bits per heavy atom. The van der Waals surface area contributed by atoms with Gasteiger partial charge in [-0.15, -0.1) is 0 Å². The summed E-state index contributed by atoms with van der Waals surface area (Å²) in [7, 11) is 0. The van der Waals surface area contributed by atoms with Crippen LogP contribution in [0.15, 0.2) is 24.3 Å². The Labute approximate surface area is 71.2 Å². The molecule has 0 saturated heterocycles. The predicted octanol–water partition coefficient (Wildman–Crippen LogP) is 0.420. The molecule has 0 aliphatic rings. The summed E-state index contributed by atoms with van der Waals surface area (Å²) in [5.41, 5.74) is 6.09. The second kappa shape index (κ2) is 3.96. The molecule has 1 rings (SSSR count). The van der Waals surface area contributed by atoms with Gasteiger partial charge in [0.2, 0.25) is 0 Å². The Hall–Kier alpha value is 0.0200. The molecule has 2 N–H and O–H groups in total. The van der Waals surface area contributed by atoms with Crippen molar-refractivity contribution < 1.29 is 0 Å². The summed E-state index contributed by atoms with van der Waals surface area (Å²) in [6, 6.07) is 10.1. The number of hydrogen-bond acceptors (Lipinski definition) is 1. The van der Waals surface area contributed by atoms with E-state index in [0.717, 1.165) is 5.69 Å². The van der Waals surface area contributed by atoms with Gasteiger partial charge in [-0.05, 0) is 18.2 Å². The second-order valence-corrected chi connectivity index (χ2v) is 1.34. The third-order valence-corrected chi connectivity index (χ3v) is 0.731. The van der Waals surface area contributed by atoms with E-state index < -0.39 is 0 Å². The van der Waals surface area contributed by atoms with Crippen LogP contribution in [0.2, 0.25) is 0 Å². The van der Waals surface area contributed by atoms with Gasteiger partial charge in [-0.1, -0.05) is 12.1 Å². The molecular formula is C6H7NNa. The van der Waals surface area contributed by atoms with Gasteiger partial charge in [-0.2, -0.15) is 0 Å². The molecule has 1 aromatic rings. The average Bonchev–Trinajstić information content (AvgIpc) is 1.69. The van der Waals surface area contributed by atoms with Crippen LogP contribution in [0.3, 0.4) is 0 Å². The van der Waals surface area contributed by atoms with Crippen LogP contribution in [0.25, 0.3) is 0 Å². The third kappa shape index (κ3) is 2.36. The summed E-state index contributed by atoms with van der Waals surface area (Å²) in [4.78, 5) is 0. The third-order valence-electron chi connectivity index (χ3n) is 0.731. The van der Waals surface area contributed by atoms with Crippen molar-refractivity contribution in [2.75, 3.05) is 5.73 Å². The number of nitrogens with two attached hydrogens (primary N) is 1. The van der Waals surface area contributed by atoms with E-state index in [4.69, 9.17) is 5.73 Å². The quantitative estimate of drug-likeness (QED) is 0.386. The van der Waals surface area contributed by atoms with Gasteiger partial charge in [-0.3, -0.25) is 0 Å². The van der Waals surface area contributed by atoms with E-state index in [1.54, 1.807) is 6.07 Å². The predicted molar refractivity (Wildman–Crippen MR) is 36.8 cm³/mol. The van der Waals surface area contributed by atoms with Crippen molar-refractivity contribution in [1.82, 2.24) is 0 Å². The van der Waals surface area contributed by atoms with Crippen molar-refractivity contribution in [3.05, 3.63) is 30.3 Å². The minimum atomic E-state index is 0. The summed E-state index contributed by atoms with van der Waals surface area (Å²) in [5, 5.41) is 0. The molecule has 0 fully saturated rings. The standard InChI is InChI=1S/C6H6N.Na.H/c7-6-4-2-1-3-5-6;;/h1-2,4-5H,7H2;;. The molecule has 1 radical (unpaired) electrons. The van der Waals surface area contributed by atoms with Crippen molar-refractivity contribution >= 4 is 35.2 Å². The zero-order valence-corrected chi connectivity index (χ0v) is 3.89. The van der Waals surface area contributed by atoms with E-state index >= 15 is 0 Å². The van der Waals surface area contributed by atoms with Crippen molar-refractivity contribution in [3.63, 3.8) is 0 Å². The van der Waals surface area contributed by atoms with Gasteiger partial charge in [-0.25, -0.2) is 0 Å². The first kappa shape index (κ1) is 8.02. The van der Waals surface area contributed by atoms with E-state index in [2.05, 4.69) is 6.07 Å². The van der Waals surface area contributed by atoms with Crippen LogP contribution < -0.4 is 5.73 Å². The van der Waals surface area contributed by atoms with Gasteiger partial charge in [0, 0.05) is 5.69 Å². The molecule has 0 amide bonds. The molecular weight excluding hydrogens is 109 g/mol. The fourth-order valence-electron chi connectivity index (χ4n) is 0.407. The van der Waals surface area contributed by atoms with Crippen LogP contribution in [0.5, 0.6) is 0 Å². The summed E-state index contributed by atoms with van der Waals surface area (Å²) >= 11 is 0. The molecule has 0 aromatic heterocycles. The van der Waals surface area contributed by atoms with E-state index in [1.807, 2.05) is 18.2 Å². The Bertz CT molecular complexity index is 138. The van der Waals surface area contributed by atoms with E-state index in [9.17, 15) is 0 Å². The number of hydrogen-bond donors (Lipinski definition) is 1. The summed E-state index contributed by atoms with van der Waals surface area (Å²) < 4.78 is 0. The Morgan fingerprint density at radius 1 is 1.50 bits per heavy atom. The maximum atomic E-state index is 5.33. The molecule has 0 heterocycles. The van der Waals surface area contributed by atoms with Crippen molar-refractivity contribution in [1.29, 1.82) is 0 Å². The fraction of sp³-hybridized carbons (Fsp3) is 0. The minimum absolute atomic E-state index is 0. The molecule has 1 nitrogen and oxygen atoms in total. The first-order chi connectivity index (χ1) is 3.39. The normalized spacial score (nSPS) is 7.50. The molecule has 0 spiro atoms. The SMILES string of the molecule is Nc1c[c]ccc1.[NaH]. The van der Waals surface area contributed by atoms with Gasteiger partial charge in [0.15, 0.2) is 0 Å². The fourth-order valence-corrected chi connectivity index (χ4v) is 0.407. The number of nitrogen functional groups attached to an aromatic ring is 1. The van der Waals surface area contributed by atoms with Gasteiger partial charge in [0.1, 0.15) is 0 Å². The van der Waals surface area contributed by atoms with E-state index in [-0.39, 0.29) is 29.6 Å². The topological polar surface area (TPSA) is 26.0 Å². The molecule has 0 bridgehead atoms. The molecule has 8 heavy (non-hydrogen) atoms.